The van der Waals surface area contributed by atoms with Crippen LogP contribution in [0.25, 0.3) is 11.4 Å². The van der Waals surface area contributed by atoms with Crippen molar-refractivity contribution in [1.29, 1.82) is 0 Å². The number of aromatic nitrogens is 2. The quantitative estimate of drug-likeness (QED) is 0.656. The van der Waals surface area contributed by atoms with Gasteiger partial charge < -0.3 is 9.26 Å². The van der Waals surface area contributed by atoms with E-state index < -0.39 is 5.97 Å². The van der Waals surface area contributed by atoms with Crippen molar-refractivity contribution in [2.75, 3.05) is 0 Å². The highest BCUT2D eigenvalue weighted by atomic mass is 79.9. The molecule has 106 valence electrons. The minimum Gasteiger partial charge on any atom is -0.451 e. The maximum atomic E-state index is 11.7. The van der Waals surface area contributed by atoms with Gasteiger partial charge >= 0.3 is 5.97 Å². The fourth-order valence-corrected chi connectivity index (χ4v) is 2.67. The average Bonchev–Trinajstić information content (AvgIpc) is 3.16. The first kappa shape index (κ1) is 14.0. The highest BCUT2D eigenvalue weighted by molar-refractivity contribution is 9.10. The highest BCUT2D eigenvalue weighted by Crippen LogP contribution is 2.20. The van der Waals surface area contributed by atoms with E-state index in [0.29, 0.717) is 10.7 Å². The number of hydrogen-bond acceptors (Lipinski definition) is 6. The molecule has 0 saturated heterocycles. The van der Waals surface area contributed by atoms with Gasteiger partial charge in [-0.1, -0.05) is 39.3 Å². The summed E-state index contributed by atoms with van der Waals surface area (Å²) in [5.41, 5.74) is 0.823. The summed E-state index contributed by atoms with van der Waals surface area (Å²) in [6.45, 7) is -0.0439. The SMILES string of the molecule is O=C(OCc1nc(-c2cccc(Br)c2)no1)c1cccs1. The number of thiophene rings is 1. The molecule has 0 aliphatic carbocycles. The number of hydrogen-bond donors (Lipinski definition) is 0. The Kier molecular flexibility index (Phi) is 4.12. The van der Waals surface area contributed by atoms with Crippen LogP contribution in [0.5, 0.6) is 0 Å². The molecule has 0 amide bonds. The van der Waals surface area contributed by atoms with E-state index in [-0.39, 0.29) is 12.5 Å². The van der Waals surface area contributed by atoms with Gasteiger partial charge in [0, 0.05) is 10.0 Å². The van der Waals surface area contributed by atoms with Crippen LogP contribution < -0.4 is 0 Å². The Balaban J connectivity index is 1.67. The molecule has 0 fully saturated rings. The van der Waals surface area contributed by atoms with E-state index in [1.54, 1.807) is 12.1 Å². The molecule has 2 heterocycles. The third-order valence-electron chi connectivity index (χ3n) is 2.60. The summed E-state index contributed by atoms with van der Waals surface area (Å²) < 4.78 is 11.1. The molecule has 1 aromatic carbocycles. The van der Waals surface area contributed by atoms with Gasteiger partial charge in [0.1, 0.15) is 4.88 Å². The molecule has 0 saturated carbocycles. The molecule has 3 aromatic rings. The van der Waals surface area contributed by atoms with E-state index in [4.69, 9.17) is 9.26 Å². The van der Waals surface area contributed by atoms with Crippen LogP contribution in [-0.2, 0) is 11.3 Å². The molecule has 3 rings (SSSR count). The van der Waals surface area contributed by atoms with E-state index >= 15 is 0 Å². The van der Waals surface area contributed by atoms with Crippen LogP contribution >= 0.6 is 27.3 Å². The maximum Gasteiger partial charge on any atom is 0.348 e. The van der Waals surface area contributed by atoms with Gasteiger partial charge in [0.2, 0.25) is 5.82 Å². The van der Waals surface area contributed by atoms with Crippen molar-refractivity contribution in [1.82, 2.24) is 10.1 Å². The van der Waals surface area contributed by atoms with Crippen LogP contribution in [0.2, 0.25) is 0 Å². The predicted molar refractivity (Wildman–Crippen MR) is 80.9 cm³/mol. The summed E-state index contributed by atoms with van der Waals surface area (Å²) >= 11 is 4.71. The van der Waals surface area contributed by atoms with Gasteiger partial charge in [0.25, 0.3) is 5.89 Å². The van der Waals surface area contributed by atoms with E-state index in [9.17, 15) is 4.79 Å². The van der Waals surface area contributed by atoms with Gasteiger partial charge in [-0.05, 0) is 23.6 Å². The first-order valence-corrected chi connectivity index (χ1v) is 7.69. The number of nitrogens with zero attached hydrogens (tertiary/aromatic N) is 2. The van der Waals surface area contributed by atoms with Crippen molar-refractivity contribution < 1.29 is 14.1 Å². The molecule has 21 heavy (non-hydrogen) atoms. The number of halogens is 1. The first-order chi connectivity index (χ1) is 10.2. The summed E-state index contributed by atoms with van der Waals surface area (Å²) in [5.74, 6) is 0.320. The van der Waals surface area contributed by atoms with Crippen LogP contribution in [0.3, 0.4) is 0 Å². The number of carbonyl (C=O) groups is 1. The predicted octanol–water partition coefficient (Wildman–Crippen LogP) is 3.92. The van der Waals surface area contributed by atoms with Gasteiger partial charge in [-0.25, -0.2) is 4.79 Å². The molecule has 0 atom stereocenters. The number of ether oxygens (including phenoxy) is 1. The lowest BCUT2D eigenvalue weighted by molar-refractivity contribution is 0.0435. The monoisotopic (exact) mass is 364 g/mol. The standard InChI is InChI=1S/C14H9BrN2O3S/c15-10-4-1-3-9(7-10)13-16-12(20-17-13)8-19-14(18)11-5-2-6-21-11/h1-7H,8H2. The molecule has 2 aromatic heterocycles. The van der Waals surface area contributed by atoms with Crippen molar-refractivity contribution in [2.45, 2.75) is 6.61 Å². The molecule has 5 nitrogen and oxygen atoms in total. The van der Waals surface area contributed by atoms with Crippen LogP contribution in [0.15, 0.2) is 50.8 Å². The normalized spacial score (nSPS) is 10.5. The number of rotatable bonds is 4. The van der Waals surface area contributed by atoms with Crippen molar-refractivity contribution in [3.8, 4) is 11.4 Å². The summed E-state index contributed by atoms with van der Waals surface area (Å²) in [7, 11) is 0. The Hall–Kier alpha value is -1.99. The lowest BCUT2D eigenvalue weighted by Gasteiger charge is -1.98. The van der Waals surface area contributed by atoms with E-state index in [2.05, 4.69) is 26.1 Å². The smallest absolute Gasteiger partial charge is 0.348 e. The van der Waals surface area contributed by atoms with Crippen LogP contribution in [0, 0.1) is 0 Å². The Morgan fingerprint density at radius 2 is 2.24 bits per heavy atom. The van der Waals surface area contributed by atoms with Crippen LogP contribution in [0.4, 0.5) is 0 Å². The topological polar surface area (TPSA) is 65.2 Å². The summed E-state index contributed by atoms with van der Waals surface area (Å²) in [6.07, 6.45) is 0. The van der Waals surface area contributed by atoms with E-state index in [1.807, 2.05) is 29.6 Å². The van der Waals surface area contributed by atoms with Gasteiger partial charge in [-0.3, -0.25) is 0 Å². The zero-order chi connectivity index (χ0) is 14.7. The lowest BCUT2D eigenvalue weighted by atomic mass is 10.2. The van der Waals surface area contributed by atoms with E-state index in [1.165, 1.54) is 11.3 Å². The van der Waals surface area contributed by atoms with Crippen molar-refractivity contribution >= 4 is 33.2 Å². The largest absolute Gasteiger partial charge is 0.451 e. The minimum atomic E-state index is -0.396. The van der Waals surface area contributed by atoms with Gasteiger partial charge in [0.15, 0.2) is 6.61 Å². The molecule has 0 radical (unpaired) electrons. The second kappa shape index (κ2) is 6.19. The van der Waals surface area contributed by atoms with Gasteiger partial charge in [-0.15, -0.1) is 11.3 Å². The average molecular weight is 365 g/mol. The lowest BCUT2D eigenvalue weighted by Crippen LogP contribution is -2.03. The maximum absolute atomic E-state index is 11.7. The minimum absolute atomic E-state index is 0.0439. The number of benzene rings is 1. The molecule has 0 N–H and O–H groups in total. The molecule has 7 heteroatoms. The highest BCUT2D eigenvalue weighted by Gasteiger charge is 2.13. The first-order valence-electron chi connectivity index (χ1n) is 6.01. The molecule has 0 aliphatic heterocycles. The zero-order valence-electron chi connectivity index (χ0n) is 10.7. The molecule has 0 aliphatic rings. The van der Waals surface area contributed by atoms with Gasteiger partial charge in [0.05, 0.1) is 0 Å². The second-order valence-electron chi connectivity index (χ2n) is 4.08. The Bertz CT molecular complexity index is 755. The summed E-state index contributed by atoms with van der Waals surface area (Å²) in [5, 5.41) is 5.69. The number of carbonyl (C=O) groups excluding carboxylic acids is 1. The fraction of sp³-hybridized carbons (Fsp3) is 0.0714. The third kappa shape index (κ3) is 3.37. The Morgan fingerprint density at radius 3 is 3.00 bits per heavy atom. The van der Waals surface area contributed by atoms with Crippen molar-refractivity contribution in [3.05, 3.63) is 57.0 Å². The summed E-state index contributed by atoms with van der Waals surface area (Å²) in [6, 6.07) is 11.0. The third-order valence-corrected chi connectivity index (χ3v) is 3.94. The van der Waals surface area contributed by atoms with Crippen LogP contribution in [0.1, 0.15) is 15.6 Å². The van der Waals surface area contributed by atoms with Gasteiger partial charge in [-0.2, -0.15) is 4.98 Å². The molecule has 0 spiro atoms. The fourth-order valence-electron chi connectivity index (χ4n) is 1.65. The Labute approximate surface area is 132 Å². The zero-order valence-corrected chi connectivity index (χ0v) is 13.1. The number of esters is 1. The van der Waals surface area contributed by atoms with Crippen molar-refractivity contribution in [3.63, 3.8) is 0 Å². The van der Waals surface area contributed by atoms with Crippen molar-refractivity contribution in [2.24, 2.45) is 0 Å². The second-order valence-corrected chi connectivity index (χ2v) is 5.94. The molecular weight excluding hydrogens is 356 g/mol. The Morgan fingerprint density at radius 1 is 1.33 bits per heavy atom. The molecule has 0 bridgehead atoms. The molecule has 0 unspecified atom stereocenters. The van der Waals surface area contributed by atoms with Crippen LogP contribution in [-0.4, -0.2) is 16.1 Å². The summed E-state index contributed by atoms with van der Waals surface area (Å²) in [4.78, 5) is 16.4. The van der Waals surface area contributed by atoms with E-state index in [0.717, 1.165) is 10.0 Å². The molecular formula is C14H9BrN2O3S.